The summed E-state index contributed by atoms with van der Waals surface area (Å²) in [5, 5.41) is 0. The smallest absolute Gasteiger partial charge is 0.0947 e. The number of ether oxygens (including phenoxy) is 1. The summed E-state index contributed by atoms with van der Waals surface area (Å²) in [6.07, 6.45) is 4.92. The van der Waals surface area contributed by atoms with Crippen LogP contribution in [0.1, 0.15) is 12.0 Å². The Labute approximate surface area is 115 Å². The Morgan fingerprint density at radius 2 is 2.37 bits per heavy atom. The lowest BCUT2D eigenvalue weighted by atomic mass is 9.78. The van der Waals surface area contributed by atoms with Gasteiger partial charge in [-0.15, -0.1) is 0 Å². The summed E-state index contributed by atoms with van der Waals surface area (Å²) in [6, 6.07) is 2.07. The Morgan fingerprint density at radius 3 is 3.11 bits per heavy atom. The van der Waals surface area contributed by atoms with E-state index in [0.29, 0.717) is 11.3 Å². The van der Waals surface area contributed by atoms with Crippen molar-refractivity contribution in [1.82, 2.24) is 9.80 Å². The van der Waals surface area contributed by atoms with Crippen LogP contribution >= 0.6 is 0 Å². The van der Waals surface area contributed by atoms with Gasteiger partial charge >= 0.3 is 0 Å². The van der Waals surface area contributed by atoms with E-state index in [-0.39, 0.29) is 0 Å². The quantitative estimate of drug-likeness (QED) is 0.827. The predicted molar refractivity (Wildman–Crippen MR) is 73.9 cm³/mol. The average Bonchev–Trinajstić information content (AvgIpc) is 3.05. The van der Waals surface area contributed by atoms with Crippen molar-refractivity contribution >= 4 is 0 Å². The zero-order chi connectivity index (χ0) is 13.3. The van der Waals surface area contributed by atoms with Gasteiger partial charge in [0.15, 0.2) is 0 Å². The number of furan rings is 1. The van der Waals surface area contributed by atoms with E-state index in [0.717, 1.165) is 13.2 Å². The van der Waals surface area contributed by atoms with Gasteiger partial charge in [-0.1, -0.05) is 0 Å². The molecule has 4 nitrogen and oxygen atoms in total. The molecule has 3 heterocycles. The molecular formula is C15H24N2O2. The minimum atomic E-state index is 0.439. The first-order chi connectivity index (χ1) is 9.22. The number of likely N-dealkylation sites (tertiary alicyclic amines) is 2. The van der Waals surface area contributed by atoms with Crippen molar-refractivity contribution < 1.29 is 9.15 Å². The van der Waals surface area contributed by atoms with Crippen molar-refractivity contribution in [2.24, 2.45) is 11.3 Å². The van der Waals surface area contributed by atoms with Crippen LogP contribution in [0.4, 0.5) is 0 Å². The maximum absolute atomic E-state index is 5.44. The van der Waals surface area contributed by atoms with Crippen molar-refractivity contribution in [1.29, 1.82) is 0 Å². The average molecular weight is 264 g/mol. The molecule has 19 heavy (non-hydrogen) atoms. The Morgan fingerprint density at radius 1 is 1.47 bits per heavy atom. The molecule has 2 aliphatic heterocycles. The van der Waals surface area contributed by atoms with Gasteiger partial charge in [0.2, 0.25) is 0 Å². The molecule has 3 rings (SSSR count). The van der Waals surface area contributed by atoms with Crippen molar-refractivity contribution in [2.75, 3.05) is 46.9 Å². The van der Waals surface area contributed by atoms with Crippen molar-refractivity contribution in [2.45, 2.75) is 13.0 Å². The van der Waals surface area contributed by atoms with Gasteiger partial charge in [0.05, 0.1) is 19.1 Å². The van der Waals surface area contributed by atoms with Gasteiger partial charge < -0.3 is 14.1 Å². The Bertz CT molecular complexity index is 406. The highest BCUT2D eigenvalue weighted by molar-refractivity contribution is 5.08. The minimum absolute atomic E-state index is 0.439. The summed E-state index contributed by atoms with van der Waals surface area (Å²) in [4.78, 5) is 5.03. The molecule has 0 aliphatic carbocycles. The van der Waals surface area contributed by atoms with E-state index >= 15 is 0 Å². The number of hydrogen-bond acceptors (Lipinski definition) is 4. The Kier molecular flexibility index (Phi) is 3.65. The molecule has 1 spiro atoms. The van der Waals surface area contributed by atoms with Gasteiger partial charge in [-0.05, 0) is 26.1 Å². The molecule has 2 fully saturated rings. The van der Waals surface area contributed by atoms with Crippen LogP contribution in [0.2, 0.25) is 0 Å². The molecule has 2 atom stereocenters. The first-order valence-electron chi connectivity index (χ1n) is 7.13. The zero-order valence-electron chi connectivity index (χ0n) is 12.0. The molecule has 0 radical (unpaired) electrons. The van der Waals surface area contributed by atoms with E-state index in [2.05, 4.69) is 22.9 Å². The van der Waals surface area contributed by atoms with Crippen LogP contribution in [0.15, 0.2) is 23.0 Å². The van der Waals surface area contributed by atoms with E-state index < -0.39 is 0 Å². The molecule has 1 aromatic heterocycles. The van der Waals surface area contributed by atoms with E-state index in [1.165, 1.54) is 38.2 Å². The first kappa shape index (κ1) is 13.2. The maximum Gasteiger partial charge on any atom is 0.0947 e. The second-order valence-corrected chi connectivity index (χ2v) is 6.30. The number of rotatable bonds is 4. The molecule has 0 unspecified atom stereocenters. The van der Waals surface area contributed by atoms with Gasteiger partial charge in [-0.3, -0.25) is 4.90 Å². The molecule has 106 valence electrons. The van der Waals surface area contributed by atoms with Crippen molar-refractivity contribution in [3.8, 4) is 0 Å². The molecule has 2 saturated heterocycles. The van der Waals surface area contributed by atoms with Gasteiger partial charge in [0.25, 0.3) is 0 Å². The van der Waals surface area contributed by atoms with Gasteiger partial charge in [0.1, 0.15) is 0 Å². The third-order valence-corrected chi connectivity index (χ3v) is 4.80. The van der Waals surface area contributed by atoms with Crippen molar-refractivity contribution in [3.05, 3.63) is 24.2 Å². The van der Waals surface area contributed by atoms with Crippen LogP contribution < -0.4 is 0 Å². The molecule has 0 bridgehead atoms. The third-order valence-electron chi connectivity index (χ3n) is 4.80. The first-order valence-corrected chi connectivity index (χ1v) is 7.13. The summed E-state index contributed by atoms with van der Waals surface area (Å²) in [6.45, 7) is 6.68. The maximum atomic E-state index is 5.44. The number of methoxy groups -OCH3 is 1. The molecule has 0 aromatic carbocycles. The molecule has 0 N–H and O–H groups in total. The second-order valence-electron chi connectivity index (χ2n) is 6.30. The fourth-order valence-corrected chi connectivity index (χ4v) is 3.95. The van der Waals surface area contributed by atoms with Crippen LogP contribution in [-0.2, 0) is 11.3 Å². The normalized spacial score (nSPS) is 32.6. The van der Waals surface area contributed by atoms with E-state index in [9.17, 15) is 0 Å². The molecule has 4 heteroatoms. The predicted octanol–water partition coefficient (Wildman–Crippen LogP) is 1.68. The molecule has 0 saturated carbocycles. The highest BCUT2D eigenvalue weighted by Gasteiger charge is 2.49. The van der Waals surface area contributed by atoms with Gasteiger partial charge in [-0.2, -0.15) is 0 Å². The lowest BCUT2D eigenvalue weighted by molar-refractivity contribution is 0.0958. The molecule has 2 aliphatic rings. The highest BCUT2D eigenvalue weighted by atomic mass is 16.5. The fraction of sp³-hybridized carbons (Fsp3) is 0.733. The second kappa shape index (κ2) is 5.27. The van der Waals surface area contributed by atoms with Gasteiger partial charge in [-0.25, -0.2) is 0 Å². The van der Waals surface area contributed by atoms with E-state index in [4.69, 9.17) is 9.15 Å². The Hall–Kier alpha value is -0.840. The minimum Gasteiger partial charge on any atom is -0.472 e. The molecule has 0 amide bonds. The SMILES string of the molecule is COC[C@H]1CN(C)C[C@@]12CCN(Cc1ccoc1)C2. The summed E-state index contributed by atoms with van der Waals surface area (Å²) < 4.78 is 10.6. The lowest BCUT2D eigenvalue weighted by Gasteiger charge is -2.30. The monoisotopic (exact) mass is 264 g/mol. The van der Waals surface area contributed by atoms with Crippen LogP contribution in [-0.4, -0.2) is 56.7 Å². The van der Waals surface area contributed by atoms with E-state index in [1.807, 2.05) is 13.4 Å². The highest BCUT2D eigenvalue weighted by Crippen LogP contribution is 2.43. The summed E-state index contributed by atoms with van der Waals surface area (Å²) >= 11 is 0. The zero-order valence-corrected chi connectivity index (χ0v) is 12.0. The van der Waals surface area contributed by atoms with Crippen molar-refractivity contribution in [3.63, 3.8) is 0 Å². The fourth-order valence-electron chi connectivity index (χ4n) is 3.95. The van der Waals surface area contributed by atoms with Crippen LogP contribution in [0, 0.1) is 11.3 Å². The standard InChI is InChI=1S/C15H24N2O2/c1-16-8-14(10-18-2)15(11-16)4-5-17(12-15)7-13-3-6-19-9-13/h3,6,9,14H,4-5,7-8,10-12H2,1-2H3/t14-,15-/m1/s1. The van der Waals surface area contributed by atoms with Crippen LogP contribution in [0.5, 0.6) is 0 Å². The molecular weight excluding hydrogens is 240 g/mol. The number of nitrogens with zero attached hydrogens (tertiary/aromatic N) is 2. The largest absolute Gasteiger partial charge is 0.472 e. The topological polar surface area (TPSA) is 28.9 Å². The van der Waals surface area contributed by atoms with Crippen LogP contribution in [0.3, 0.4) is 0 Å². The van der Waals surface area contributed by atoms with E-state index in [1.54, 1.807) is 6.26 Å². The third kappa shape index (κ3) is 2.57. The summed E-state index contributed by atoms with van der Waals surface area (Å²) in [5.41, 5.74) is 1.72. The summed E-state index contributed by atoms with van der Waals surface area (Å²) in [7, 11) is 4.06. The summed E-state index contributed by atoms with van der Waals surface area (Å²) in [5.74, 6) is 0.678. The lowest BCUT2D eigenvalue weighted by Crippen LogP contribution is -2.35. The van der Waals surface area contributed by atoms with Gasteiger partial charge in [0, 0.05) is 50.2 Å². The number of hydrogen-bond donors (Lipinski definition) is 0. The molecule has 1 aromatic rings. The van der Waals surface area contributed by atoms with Crippen LogP contribution in [0.25, 0.3) is 0 Å². The Balaban J connectivity index is 1.66.